The molecule has 1 aliphatic heterocycles. The van der Waals surface area contributed by atoms with Crippen molar-refractivity contribution in [1.29, 1.82) is 0 Å². The van der Waals surface area contributed by atoms with Crippen LogP contribution in [0.5, 0.6) is 0 Å². The lowest BCUT2D eigenvalue weighted by Crippen LogP contribution is -2.42. The Morgan fingerprint density at radius 1 is 1.31 bits per heavy atom. The quantitative estimate of drug-likeness (QED) is 0.775. The lowest BCUT2D eigenvalue weighted by atomic mass is 10.1. The van der Waals surface area contributed by atoms with Gasteiger partial charge in [0.05, 0.1) is 12.6 Å². The van der Waals surface area contributed by atoms with E-state index in [-0.39, 0.29) is 0 Å². The van der Waals surface area contributed by atoms with Gasteiger partial charge in [-0.25, -0.2) is 4.68 Å². The highest BCUT2D eigenvalue weighted by atomic mass is 15.6. The molecule has 0 aromatic carbocycles. The number of aromatic nitrogens is 4. The molecule has 6 nitrogen and oxygen atoms in total. The van der Waals surface area contributed by atoms with Gasteiger partial charge in [0.1, 0.15) is 0 Å². The second-order valence-corrected chi connectivity index (χ2v) is 4.91. The van der Waals surface area contributed by atoms with E-state index in [1.807, 2.05) is 4.68 Å². The third kappa shape index (κ3) is 2.08. The lowest BCUT2D eigenvalue weighted by molar-refractivity contribution is 0.194. The van der Waals surface area contributed by atoms with Gasteiger partial charge < -0.3 is 5.73 Å². The summed E-state index contributed by atoms with van der Waals surface area (Å²) in [5.41, 5.74) is 5.96. The fourth-order valence-corrected chi connectivity index (χ4v) is 2.35. The van der Waals surface area contributed by atoms with Crippen LogP contribution >= 0.6 is 0 Å². The van der Waals surface area contributed by atoms with E-state index in [2.05, 4.69) is 20.4 Å². The van der Waals surface area contributed by atoms with E-state index in [1.54, 1.807) is 0 Å². The number of hydrogen-bond acceptors (Lipinski definition) is 5. The van der Waals surface area contributed by atoms with Crippen LogP contribution < -0.4 is 5.73 Å². The summed E-state index contributed by atoms with van der Waals surface area (Å²) in [4.78, 5) is 2.36. The smallest absolute Gasteiger partial charge is 0.165 e. The second-order valence-electron chi connectivity index (χ2n) is 4.91. The molecule has 0 amide bonds. The Morgan fingerprint density at radius 3 is 2.94 bits per heavy atom. The molecule has 1 atom stereocenters. The van der Waals surface area contributed by atoms with Gasteiger partial charge in [-0.05, 0) is 42.7 Å². The van der Waals surface area contributed by atoms with Gasteiger partial charge in [0, 0.05) is 12.6 Å². The fourth-order valence-electron chi connectivity index (χ4n) is 2.35. The summed E-state index contributed by atoms with van der Waals surface area (Å²) >= 11 is 0. The molecule has 16 heavy (non-hydrogen) atoms. The number of nitrogens with two attached hydrogens (primary N) is 1. The van der Waals surface area contributed by atoms with Crippen molar-refractivity contribution in [3.8, 4) is 0 Å². The molecule has 1 saturated heterocycles. The van der Waals surface area contributed by atoms with E-state index in [0.29, 0.717) is 12.1 Å². The minimum atomic E-state index is 0.319. The zero-order chi connectivity index (χ0) is 11.0. The SMILES string of the molecule is NC1CCCN(Cc2nnnn2C2CC2)C1. The highest BCUT2D eigenvalue weighted by Crippen LogP contribution is 2.34. The van der Waals surface area contributed by atoms with Crippen molar-refractivity contribution in [2.45, 2.75) is 44.3 Å². The van der Waals surface area contributed by atoms with Crippen molar-refractivity contribution >= 4 is 0 Å². The molecule has 3 rings (SSSR count). The molecule has 1 aromatic heterocycles. The molecule has 0 bridgehead atoms. The van der Waals surface area contributed by atoms with E-state index < -0.39 is 0 Å². The number of tetrazole rings is 1. The molecule has 2 aliphatic rings. The van der Waals surface area contributed by atoms with Gasteiger partial charge in [0.2, 0.25) is 0 Å². The van der Waals surface area contributed by atoms with E-state index >= 15 is 0 Å². The van der Waals surface area contributed by atoms with Crippen molar-refractivity contribution in [2.24, 2.45) is 5.73 Å². The molecule has 0 spiro atoms. The molecular weight excluding hydrogens is 204 g/mol. The summed E-state index contributed by atoms with van der Waals surface area (Å²) in [6, 6.07) is 0.877. The molecule has 2 heterocycles. The van der Waals surface area contributed by atoms with Crippen LogP contribution in [0.1, 0.15) is 37.5 Å². The Morgan fingerprint density at radius 2 is 2.19 bits per heavy atom. The first-order valence-electron chi connectivity index (χ1n) is 6.07. The fraction of sp³-hybridized carbons (Fsp3) is 0.900. The Kier molecular flexibility index (Phi) is 2.61. The van der Waals surface area contributed by atoms with E-state index in [4.69, 9.17) is 5.73 Å². The van der Waals surface area contributed by atoms with Crippen LogP contribution in [0.25, 0.3) is 0 Å². The monoisotopic (exact) mass is 222 g/mol. The topological polar surface area (TPSA) is 72.9 Å². The van der Waals surface area contributed by atoms with E-state index in [0.717, 1.165) is 31.9 Å². The molecule has 2 fully saturated rings. The van der Waals surface area contributed by atoms with E-state index in [9.17, 15) is 0 Å². The number of rotatable bonds is 3. The van der Waals surface area contributed by atoms with Gasteiger partial charge >= 0.3 is 0 Å². The molecule has 0 radical (unpaired) electrons. The summed E-state index contributed by atoms with van der Waals surface area (Å²) in [5, 5.41) is 11.9. The third-order valence-electron chi connectivity index (χ3n) is 3.36. The average molecular weight is 222 g/mol. The first-order chi connectivity index (χ1) is 7.83. The minimum Gasteiger partial charge on any atom is -0.327 e. The summed E-state index contributed by atoms with van der Waals surface area (Å²) in [5.74, 6) is 0.997. The Hall–Kier alpha value is -1.01. The van der Waals surface area contributed by atoms with Crippen LogP contribution in [0.2, 0.25) is 0 Å². The van der Waals surface area contributed by atoms with Crippen molar-refractivity contribution in [1.82, 2.24) is 25.1 Å². The molecule has 2 N–H and O–H groups in total. The molecular formula is C10H18N6. The molecule has 1 aromatic rings. The van der Waals surface area contributed by atoms with Gasteiger partial charge in [-0.3, -0.25) is 4.90 Å². The van der Waals surface area contributed by atoms with Crippen LogP contribution in [0, 0.1) is 0 Å². The van der Waals surface area contributed by atoms with Crippen molar-refractivity contribution in [3.05, 3.63) is 5.82 Å². The maximum Gasteiger partial charge on any atom is 0.165 e. The first kappa shape index (κ1) is 10.2. The predicted octanol–water partition coefficient (Wildman–Crippen LogP) is -0.0689. The van der Waals surface area contributed by atoms with Crippen LogP contribution in [0.3, 0.4) is 0 Å². The minimum absolute atomic E-state index is 0.319. The zero-order valence-electron chi connectivity index (χ0n) is 9.42. The molecule has 88 valence electrons. The summed E-state index contributed by atoms with van der Waals surface area (Å²) < 4.78 is 1.99. The standard InChI is InChI=1S/C10H18N6/c11-8-2-1-5-15(6-8)7-10-12-13-14-16(10)9-3-4-9/h8-9H,1-7,11H2. The summed E-state index contributed by atoms with van der Waals surface area (Å²) in [6.45, 7) is 2.93. The Labute approximate surface area is 94.8 Å². The molecule has 6 heteroatoms. The number of hydrogen-bond donors (Lipinski definition) is 1. The first-order valence-corrected chi connectivity index (χ1v) is 6.07. The van der Waals surface area contributed by atoms with Gasteiger partial charge in [-0.2, -0.15) is 0 Å². The molecule has 1 unspecified atom stereocenters. The zero-order valence-corrected chi connectivity index (χ0v) is 9.42. The number of nitrogens with zero attached hydrogens (tertiary/aromatic N) is 5. The van der Waals surface area contributed by atoms with Gasteiger partial charge in [-0.15, -0.1) is 5.10 Å². The van der Waals surface area contributed by atoms with Crippen LogP contribution in [-0.2, 0) is 6.54 Å². The highest BCUT2D eigenvalue weighted by molar-refractivity contribution is 4.91. The normalized spacial score (nSPS) is 27.2. The summed E-state index contributed by atoms with van der Waals surface area (Å²) in [6.07, 6.45) is 4.77. The average Bonchev–Trinajstić information content (AvgIpc) is 3.00. The van der Waals surface area contributed by atoms with Crippen LogP contribution in [0.4, 0.5) is 0 Å². The summed E-state index contributed by atoms with van der Waals surface area (Å²) in [7, 11) is 0. The second kappa shape index (κ2) is 4.10. The Balaban J connectivity index is 1.66. The lowest BCUT2D eigenvalue weighted by Gasteiger charge is -2.29. The van der Waals surface area contributed by atoms with Crippen LogP contribution in [0.15, 0.2) is 0 Å². The van der Waals surface area contributed by atoms with Gasteiger partial charge in [0.25, 0.3) is 0 Å². The molecule has 1 saturated carbocycles. The third-order valence-corrected chi connectivity index (χ3v) is 3.36. The van der Waals surface area contributed by atoms with Crippen LogP contribution in [-0.4, -0.2) is 44.2 Å². The van der Waals surface area contributed by atoms with Crippen molar-refractivity contribution in [2.75, 3.05) is 13.1 Å². The number of piperidine rings is 1. The van der Waals surface area contributed by atoms with Gasteiger partial charge in [-0.1, -0.05) is 0 Å². The van der Waals surface area contributed by atoms with Gasteiger partial charge in [0.15, 0.2) is 5.82 Å². The predicted molar refractivity (Wildman–Crippen MR) is 58.6 cm³/mol. The Bertz CT molecular complexity index is 358. The van der Waals surface area contributed by atoms with E-state index in [1.165, 1.54) is 19.3 Å². The largest absolute Gasteiger partial charge is 0.327 e. The maximum atomic E-state index is 5.96. The highest BCUT2D eigenvalue weighted by Gasteiger charge is 2.28. The van der Waals surface area contributed by atoms with Crippen molar-refractivity contribution < 1.29 is 0 Å². The molecule has 1 aliphatic carbocycles. The maximum absolute atomic E-state index is 5.96. The van der Waals surface area contributed by atoms with Crippen molar-refractivity contribution in [3.63, 3.8) is 0 Å². The number of likely N-dealkylation sites (tertiary alicyclic amines) is 1.